The predicted molar refractivity (Wildman–Crippen MR) is 117 cm³/mol. The maximum Gasteiger partial charge on any atom is 0.324 e. The van der Waals surface area contributed by atoms with Crippen LogP contribution >= 0.6 is 35.1 Å². The van der Waals surface area contributed by atoms with Crippen molar-refractivity contribution < 1.29 is 14.5 Å². The molecule has 1 fully saturated rings. The van der Waals surface area contributed by atoms with E-state index in [1.54, 1.807) is 4.90 Å². The average molecular weight is 455 g/mol. The second-order valence-electron chi connectivity index (χ2n) is 6.27. The molecule has 8 nitrogen and oxygen atoms in total. The molecule has 2 aromatic heterocycles. The number of aromatic nitrogens is 1. The first-order valence-corrected chi connectivity index (χ1v) is 10.5. The number of hydrogen-bond donors (Lipinski definition) is 0. The van der Waals surface area contributed by atoms with Crippen LogP contribution in [0.4, 0.5) is 10.1 Å². The minimum atomic E-state index is -0.475. The number of thiophene rings is 1. The summed E-state index contributed by atoms with van der Waals surface area (Å²) in [6.07, 6.45) is 0. The number of nitro groups is 1. The summed E-state index contributed by atoms with van der Waals surface area (Å²) in [5, 5.41) is 11.6. The van der Waals surface area contributed by atoms with Gasteiger partial charge in [-0.05, 0) is 18.2 Å². The average Bonchev–Trinajstić information content (AvgIpc) is 3.36. The number of benzene rings is 1. The van der Waals surface area contributed by atoms with Crippen molar-refractivity contribution in [2.24, 2.45) is 0 Å². The minimum absolute atomic E-state index is 0. The third-order valence-corrected chi connectivity index (χ3v) is 6.57. The quantitative estimate of drug-likeness (QED) is 0.417. The molecule has 1 saturated heterocycles. The van der Waals surface area contributed by atoms with Crippen LogP contribution in [0, 0.1) is 10.1 Å². The maximum atomic E-state index is 13.2. The van der Waals surface area contributed by atoms with Crippen LogP contribution in [0.25, 0.3) is 10.2 Å². The number of carbonyl (C=O) groups is 1. The van der Waals surface area contributed by atoms with Gasteiger partial charge in [0.05, 0.1) is 33.2 Å². The molecule has 0 atom stereocenters. The van der Waals surface area contributed by atoms with Crippen molar-refractivity contribution in [3.8, 4) is 0 Å². The highest BCUT2D eigenvalue weighted by atomic mass is 35.5. The molecule has 3 aromatic rings. The normalized spacial score (nSPS) is 14.5. The lowest BCUT2D eigenvalue weighted by atomic mass is 10.3. The van der Waals surface area contributed by atoms with Crippen LogP contribution in [0.1, 0.15) is 9.67 Å². The number of amides is 1. The summed E-state index contributed by atoms with van der Waals surface area (Å²) >= 11 is 2.34. The van der Waals surface area contributed by atoms with Gasteiger partial charge >= 0.3 is 5.00 Å². The van der Waals surface area contributed by atoms with E-state index < -0.39 is 4.92 Å². The van der Waals surface area contributed by atoms with Crippen molar-refractivity contribution in [3.05, 3.63) is 51.4 Å². The Morgan fingerprint density at radius 1 is 1.21 bits per heavy atom. The van der Waals surface area contributed by atoms with Crippen molar-refractivity contribution in [1.29, 1.82) is 0 Å². The molecule has 1 aliphatic heterocycles. The fraction of sp³-hybridized carbons (Fsp3) is 0.333. The SMILES string of the molecule is Cl.O=C(c1ccc([N+](=O)[O-])s1)N(CCN1CCOCC1)c1nc2ccccc2s1. The van der Waals surface area contributed by atoms with Crippen molar-refractivity contribution in [2.45, 2.75) is 0 Å². The van der Waals surface area contributed by atoms with Gasteiger partial charge in [0.1, 0.15) is 0 Å². The number of thiazole rings is 1. The molecule has 11 heteroatoms. The van der Waals surface area contributed by atoms with Crippen molar-refractivity contribution in [2.75, 3.05) is 44.3 Å². The van der Waals surface area contributed by atoms with Gasteiger partial charge in [0.2, 0.25) is 0 Å². The highest BCUT2D eigenvalue weighted by Crippen LogP contribution is 2.31. The molecule has 0 unspecified atom stereocenters. The maximum absolute atomic E-state index is 13.2. The van der Waals surface area contributed by atoms with E-state index in [1.165, 1.54) is 23.5 Å². The first kappa shape index (κ1) is 21.6. The molecule has 1 aliphatic rings. The number of halogens is 1. The van der Waals surface area contributed by atoms with Crippen LogP contribution in [0.15, 0.2) is 36.4 Å². The van der Waals surface area contributed by atoms with Crippen LogP contribution in [0.2, 0.25) is 0 Å². The summed E-state index contributed by atoms with van der Waals surface area (Å²) < 4.78 is 6.38. The monoisotopic (exact) mass is 454 g/mol. The number of morpholine rings is 1. The van der Waals surface area contributed by atoms with E-state index in [9.17, 15) is 14.9 Å². The molecule has 3 heterocycles. The van der Waals surface area contributed by atoms with Gasteiger partial charge in [0.25, 0.3) is 5.91 Å². The molecule has 0 spiro atoms. The Labute approximate surface area is 181 Å². The van der Waals surface area contributed by atoms with Gasteiger partial charge < -0.3 is 4.74 Å². The molecule has 0 aliphatic carbocycles. The number of hydrogen-bond acceptors (Lipinski definition) is 8. The summed E-state index contributed by atoms with van der Waals surface area (Å²) in [4.78, 5) is 32.5. The molecular weight excluding hydrogens is 436 g/mol. The third kappa shape index (κ3) is 4.90. The van der Waals surface area contributed by atoms with Crippen molar-refractivity contribution in [3.63, 3.8) is 0 Å². The molecule has 29 heavy (non-hydrogen) atoms. The van der Waals surface area contributed by atoms with E-state index in [-0.39, 0.29) is 23.3 Å². The predicted octanol–water partition coefficient (Wildman–Crippen LogP) is 3.67. The van der Waals surface area contributed by atoms with E-state index in [1.807, 2.05) is 24.3 Å². The van der Waals surface area contributed by atoms with Crippen LogP contribution in [0.5, 0.6) is 0 Å². The summed E-state index contributed by atoms with van der Waals surface area (Å²) in [5.41, 5.74) is 0.837. The van der Waals surface area contributed by atoms with E-state index in [0.29, 0.717) is 36.3 Å². The van der Waals surface area contributed by atoms with Crippen molar-refractivity contribution >= 4 is 61.3 Å². The van der Waals surface area contributed by atoms with Gasteiger partial charge in [-0.15, -0.1) is 12.4 Å². The molecule has 4 rings (SSSR count). The third-order valence-electron chi connectivity index (χ3n) is 4.48. The van der Waals surface area contributed by atoms with Gasteiger partial charge in [-0.3, -0.25) is 24.7 Å². The number of fused-ring (bicyclic) bond motifs is 1. The van der Waals surface area contributed by atoms with Gasteiger partial charge in [0, 0.05) is 32.2 Å². The number of anilines is 1. The first-order chi connectivity index (χ1) is 13.6. The minimum Gasteiger partial charge on any atom is -0.379 e. The summed E-state index contributed by atoms with van der Waals surface area (Å²) in [6.45, 7) is 4.18. The van der Waals surface area contributed by atoms with Crippen molar-refractivity contribution in [1.82, 2.24) is 9.88 Å². The topological polar surface area (TPSA) is 88.8 Å². The smallest absolute Gasteiger partial charge is 0.324 e. The lowest BCUT2D eigenvalue weighted by Crippen LogP contribution is -2.43. The fourth-order valence-corrected chi connectivity index (χ4v) is 4.76. The van der Waals surface area contributed by atoms with Gasteiger partial charge in [-0.25, -0.2) is 4.98 Å². The summed E-state index contributed by atoms with van der Waals surface area (Å²) in [7, 11) is 0. The van der Waals surface area contributed by atoms with Crippen LogP contribution in [-0.4, -0.2) is 60.1 Å². The van der Waals surface area contributed by atoms with Gasteiger partial charge in [0.15, 0.2) is 5.13 Å². The molecule has 0 N–H and O–H groups in total. The number of carbonyl (C=O) groups excluding carboxylic acids is 1. The Kier molecular flexibility index (Phi) is 7.14. The largest absolute Gasteiger partial charge is 0.379 e. The highest BCUT2D eigenvalue weighted by Gasteiger charge is 2.25. The fourth-order valence-electron chi connectivity index (χ4n) is 3.00. The Morgan fingerprint density at radius 3 is 2.66 bits per heavy atom. The molecule has 0 saturated carbocycles. The van der Waals surface area contributed by atoms with E-state index in [4.69, 9.17) is 4.74 Å². The molecule has 1 aromatic carbocycles. The Balaban J connectivity index is 0.00000240. The lowest BCUT2D eigenvalue weighted by molar-refractivity contribution is -0.380. The zero-order valence-corrected chi connectivity index (χ0v) is 17.8. The van der Waals surface area contributed by atoms with E-state index >= 15 is 0 Å². The lowest BCUT2D eigenvalue weighted by Gasteiger charge is -2.29. The zero-order valence-electron chi connectivity index (χ0n) is 15.4. The van der Waals surface area contributed by atoms with Crippen LogP contribution in [-0.2, 0) is 4.74 Å². The van der Waals surface area contributed by atoms with Gasteiger partial charge in [-0.1, -0.05) is 34.8 Å². The Bertz CT molecular complexity index is 970. The Hall–Kier alpha value is -2.11. The molecule has 0 radical (unpaired) electrons. The van der Waals surface area contributed by atoms with E-state index in [2.05, 4.69) is 9.88 Å². The zero-order chi connectivity index (χ0) is 19.5. The van der Waals surface area contributed by atoms with Crippen LogP contribution < -0.4 is 4.90 Å². The first-order valence-electron chi connectivity index (χ1n) is 8.83. The molecular formula is C18H19ClN4O4S2. The molecule has 154 valence electrons. The number of nitrogens with zero attached hydrogens (tertiary/aromatic N) is 4. The van der Waals surface area contributed by atoms with E-state index in [0.717, 1.165) is 34.6 Å². The second kappa shape index (κ2) is 9.59. The number of rotatable bonds is 6. The Morgan fingerprint density at radius 2 is 1.97 bits per heavy atom. The second-order valence-corrected chi connectivity index (χ2v) is 8.34. The summed E-state index contributed by atoms with van der Waals surface area (Å²) in [5.74, 6) is -0.259. The number of para-hydroxylation sites is 1. The molecule has 1 amide bonds. The molecule has 0 bridgehead atoms. The highest BCUT2D eigenvalue weighted by molar-refractivity contribution is 7.22. The number of ether oxygens (including phenoxy) is 1. The van der Waals surface area contributed by atoms with Gasteiger partial charge in [-0.2, -0.15) is 0 Å². The summed E-state index contributed by atoms with van der Waals surface area (Å²) in [6, 6.07) is 10.6. The standard InChI is InChI=1S/C18H18N4O4S2.ClH/c23-17(15-5-6-16(27-15)22(24)25)21(8-7-20-9-11-26-12-10-20)18-19-13-3-1-2-4-14(13)28-18;/h1-6H,7-12H2;1H. The van der Waals surface area contributed by atoms with Crippen LogP contribution in [0.3, 0.4) is 0 Å².